The van der Waals surface area contributed by atoms with Crippen molar-refractivity contribution in [2.75, 3.05) is 0 Å². The third-order valence-corrected chi connectivity index (χ3v) is 6.04. The summed E-state index contributed by atoms with van der Waals surface area (Å²) in [5, 5.41) is 18.9. The molecule has 9 heteroatoms. The van der Waals surface area contributed by atoms with Gasteiger partial charge in [0.25, 0.3) is 0 Å². The highest BCUT2D eigenvalue weighted by molar-refractivity contribution is 7.13. The molecule has 0 radical (unpaired) electrons. The third-order valence-electron chi connectivity index (χ3n) is 4.79. The number of aromatic nitrogens is 2. The van der Waals surface area contributed by atoms with Gasteiger partial charge in [0.15, 0.2) is 0 Å². The van der Waals surface area contributed by atoms with Gasteiger partial charge in [0.1, 0.15) is 11.0 Å². The predicted octanol–water partition coefficient (Wildman–Crippen LogP) is 4.44. The van der Waals surface area contributed by atoms with E-state index in [1.54, 1.807) is 12.3 Å². The molecule has 0 fully saturated rings. The number of carboxylic acid groups (broad SMARTS) is 1. The number of halogens is 1. The summed E-state index contributed by atoms with van der Waals surface area (Å²) in [7, 11) is 0. The molecular weight excluding hydrogens is 436 g/mol. The standard InChI is InChI=1S/C22H19ClN4O3S/c23-17-7-3-1-6-16(17)20-26-14(12-31-20)11-25-22(30)27-19(21(28)29)9-13-10-24-18-8-4-2-5-15(13)18/h1-8,10,12,19,24H,9,11H2,(H,28,29)(H2,25,27,30). The molecule has 4 rings (SSSR count). The number of nitrogens with one attached hydrogen (secondary N) is 3. The number of benzene rings is 2. The van der Waals surface area contributed by atoms with Crippen molar-refractivity contribution in [2.45, 2.75) is 19.0 Å². The van der Waals surface area contributed by atoms with Gasteiger partial charge in [0, 0.05) is 34.5 Å². The van der Waals surface area contributed by atoms with Gasteiger partial charge >= 0.3 is 12.0 Å². The zero-order valence-corrected chi connectivity index (χ0v) is 17.8. The van der Waals surface area contributed by atoms with Gasteiger partial charge in [-0.15, -0.1) is 11.3 Å². The Balaban J connectivity index is 1.37. The molecule has 0 saturated heterocycles. The van der Waals surface area contributed by atoms with Crippen molar-refractivity contribution in [3.8, 4) is 10.6 Å². The van der Waals surface area contributed by atoms with Crippen molar-refractivity contribution in [1.29, 1.82) is 0 Å². The van der Waals surface area contributed by atoms with E-state index in [1.165, 1.54) is 11.3 Å². The Bertz CT molecular complexity index is 1240. The van der Waals surface area contributed by atoms with Crippen LogP contribution in [0.15, 0.2) is 60.1 Å². The smallest absolute Gasteiger partial charge is 0.326 e. The Morgan fingerprint density at radius 3 is 2.74 bits per heavy atom. The van der Waals surface area contributed by atoms with E-state index in [0.717, 1.165) is 27.0 Å². The third kappa shape index (κ3) is 4.87. The number of hydrogen-bond donors (Lipinski definition) is 4. The average Bonchev–Trinajstić information content (AvgIpc) is 3.39. The highest BCUT2D eigenvalue weighted by Crippen LogP contribution is 2.30. The van der Waals surface area contributed by atoms with Gasteiger partial charge in [-0.05, 0) is 17.7 Å². The first-order chi connectivity index (χ1) is 15.0. The SMILES string of the molecule is O=C(NCc1csc(-c2ccccc2Cl)n1)NC(Cc1c[nH]c2ccccc12)C(=O)O. The summed E-state index contributed by atoms with van der Waals surface area (Å²) in [4.78, 5) is 31.6. The van der Waals surface area contributed by atoms with Crippen LogP contribution in [0.3, 0.4) is 0 Å². The fraction of sp³-hybridized carbons (Fsp3) is 0.136. The Morgan fingerprint density at radius 2 is 1.94 bits per heavy atom. The molecule has 0 bridgehead atoms. The molecule has 7 nitrogen and oxygen atoms in total. The summed E-state index contributed by atoms with van der Waals surface area (Å²) in [5.41, 5.74) is 3.24. The van der Waals surface area contributed by atoms with Crippen LogP contribution in [0.1, 0.15) is 11.3 Å². The van der Waals surface area contributed by atoms with Crippen LogP contribution < -0.4 is 10.6 Å². The number of fused-ring (bicyclic) bond motifs is 1. The number of para-hydroxylation sites is 1. The van der Waals surface area contributed by atoms with Gasteiger partial charge in [0.05, 0.1) is 17.3 Å². The summed E-state index contributed by atoms with van der Waals surface area (Å²) < 4.78 is 0. The van der Waals surface area contributed by atoms with E-state index >= 15 is 0 Å². The Morgan fingerprint density at radius 1 is 1.16 bits per heavy atom. The highest BCUT2D eigenvalue weighted by atomic mass is 35.5. The lowest BCUT2D eigenvalue weighted by molar-refractivity contribution is -0.139. The quantitative estimate of drug-likeness (QED) is 0.331. The number of thiazole rings is 1. The number of hydrogen-bond acceptors (Lipinski definition) is 4. The van der Waals surface area contributed by atoms with Crippen LogP contribution >= 0.6 is 22.9 Å². The van der Waals surface area contributed by atoms with E-state index in [1.807, 2.05) is 47.8 Å². The van der Waals surface area contributed by atoms with E-state index in [2.05, 4.69) is 20.6 Å². The molecule has 2 aromatic heterocycles. The van der Waals surface area contributed by atoms with Gasteiger partial charge in [-0.3, -0.25) is 0 Å². The molecule has 2 amide bonds. The monoisotopic (exact) mass is 454 g/mol. The number of aliphatic carboxylic acids is 1. The molecule has 31 heavy (non-hydrogen) atoms. The molecule has 4 aromatic rings. The number of aromatic amines is 1. The zero-order valence-electron chi connectivity index (χ0n) is 16.3. The number of carboxylic acids is 1. The maximum absolute atomic E-state index is 12.3. The highest BCUT2D eigenvalue weighted by Gasteiger charge is 2.22. The molecule has 1 atom stereocenters. The number of H-pyrrole nitrogens is 1. The van der Waals surface area contributed by atoms with Crippen LogP contribution in [-0.2, 0) is 17.8 Å². The molecule has 0 aliphatic heterocycles. The maximum Gasteiger partial charge on any atom is 0.326 e. The number of rotatable bonds is 7. The second kappa shape index (κ2) is 9.20. The Kier molecular flexibility index (Phi) is 6.20. The molecule has 0 saturated carbocycles. The molecule has 1 unspecified atom stereocenters. The van der Waals surface area contributed by atoms with E-state index in [-0.39, 0.29) is 13.0 Å². The summed E-state index contributed by atoms with van der Waals surface area (Å²) in [6.07, 6.45) is 1.94. The average molecular weight is 455 g/mol. The van der Waals surface area contributed by atoms with Crippen molar-refractivity contribution in [1.82, 2.24) is 20.6 Å². The first-order valence-electron chi connectivity index (χ1n) is 9.52. The molecule has 2 aromatic carbocycles. The summed E-state index contributed by atoms with van der Waals surface area (Å²) in [6, 6.07) is 13.4. The number of amides is 2. The van der Waals surface area contributed by atoms with Gasteiger partial charge in [-0.2, -0.15) is 0 Å². The molecule has 0 aliphatic rings. The van der Waals surface area contributed by atoms with E-state index in [4.69, 9.17) is 11.6 Å². The van der Waals surface area contributed by atoms with Gasteiger partial charge in [-0.25, -0.2) is 14.6 Å². The fourth-order valence-electron chi connectivity index (χ4n) is 3.25. The predicted molar refractivity (Wildman–Crippen MR) is 121 cm³/mol. The van der Waals surface area contributed by atoms with Crippen molar-refractivity contribution < 1.29 is 14.7 Å². The second-order valence-corrected chi connectivity index (χ2v) is 8.17. The van der Waals surface area contributed by atoms with E-state index < -0.39 is 18.0 Å². The van der Waals surface area contributed by atoms with Gasteiger partial charge < -0.3 is 20.7 Å². The van der Waals surface area contributed by atoms with Crippen molar-refractivity contribution in [3.63, 3.8) is 0 Å². The Hall–Kier alpha value is -3.36. The molecule has 0 aliphatic carbocycles. The first-order valence-corrected chi connectivity index (χ1v) is 10.8. The largest absolute Gasteiger partial charge is 0.480 e. The van der Waals surface area contributed by atoms with Gasteiger partial charge in [-0.1, -0.05) is 48.0 Å². The minimum absolute atomic E-state index is 0.167. The molecular formula is C22H19ClN4O3S. The van der Waals surface area contributed by atoms with Crippen LogP contribution in [0.5, 0.6) is 0 Å². The number of nitrogens with zero attached hydrogens (tertiary/aromatic N) is 1. The minimum atomic E-state index is -1.10. The molecule has 4 N–H and O–H groups in total. The van der Waals surface area contributed by atoms with E-state index in [9.17, 15) is 14.7 Å². The van der Waals surface area contributed by atoms with Crippen molar-refractivity contribution in [3.05, 3.63) is 76.4 Å². The molecule has 0 spiro atoms. The second-order valence-electron chi connectivity index (χ2n) is 6.91. The number of carbonyl (C=O) groups excluding carboxylic acids is 1. The van der Waals surface area contributed by atoms with Crippen LogP contribution in [0, 0.1) is 0 Å². The molecule has 158 valence electrons. The van der Waals surface area contributed by atoms with Crippen molar-refractivity contribution in [2.24, 2.45) is 0 Å². The lowest BCUT2D eigenvalue weighted by Gasteiger charge is -2.14. The van der Waals surface area contributed by atoms with E-state index in [0.29, 0.717) is 10.7 Å². The zero-order chi connectivity index (χ0) is 21.8. The molecule has 2 heterocycles. The lowest BCUT2D eigenvalue weighted by atomic mass is 10.1. The lowest BCUT2D eigenvalue weighted by Crippen LogP contribution is -2.46. The topological polar surface area (TPSA) is 107 Å². The normalized spacial score (nSPS) is 11.9. The van der Waals surface area contributed by atoms with Crippen LogP contribution in [0.4, 0.5) is 4.79 Å². The first kappa shape index (κ1) is 20.9. The minimum Gasteiger partial charge on any atom is -0.480 e. The maximum atomic E-state index is 12.3. The van der Waals surface area contributed by atoms with Crippen LogP contribution in [0.25, 0.3) is 21.5 Å². The number of urea groups is 1. The summed E-state index contributed by atoms with van der Waals surface area (Å²) in [6.45, 7) is 0.173. The van der Waals surface area contributed by atoms with Crippen molar-refractivity contribution >= 4 is 45.8 Å². The summed E-state index contributed by atoms with van der Waals surface area (Å²) >= 11 is 7.63. The van der Waals surface area contributed by atoms with Crippen LogP contribution in [0.2, 0.25) is 5.02 Å². The fourth-order valence-corrected chi connectivity index (χ4v) is 4.39. The van der Waals surface area contributed by atoms with Gasteiger partial charge in [0.2, 0.25) is 0 Å². The number of carbonyl (C=O) groups is 2. The summed E-state index contributed by atoms with van der Waals surface area (Å²) in [5.74, 6) is -1.10. The van der Waals surface area contributed by atoms with Crippen LogP contribution in [-0.4, -0.2) is 33.1 Å². The Labute approximate surface area is 187 Å².